The van der Waals surface area contributed by atoms with E-state index < -0.39 is 5.97 Å². The van der Waals surface area contributed by atoms with Crippen molar-refractivity contribution in [1.29, 1.82) is 10.5 Å². The minimum atomic E-state index is -0.420. The van der Waals surface area contributed by atoms with Crippen molar-refractivity contribution < 1.29 is 19.1 Å². The zero-order chi connectivity index (χ0) is 28.5. The first-order chi connectivity index (χ1) is 19.4. The molecule has 1 amide bonds. The number of ether oxygens (including phenoxy) is 2. The predicted octanol–water partition coefficient (Wildman–Crippen LogP) is 6.75. The molecule has 4 aromatic rings. The van der Waals surface area contributed by atoms with Crippen molar-refractivity contribution >= 4 is 27.8 Å². The Labute approximate surface area is 240 Å². The maximum atomic E-state index is 12.6. The van der Waals surface area contributed by atoms with Gasteiger partial charge >= 0.3 is 5.97 Å². The van der Waals surface area contributed by atoms with Crippen molar-refractivity contribution in [2.45, 2.75) is 18.4 Å². The van der Waals surface area contributed by atoms with Crippen LogP contribution in [0.4, 0.5) is 0 Å². The van der Waals surface area contributed by atoms with E-state index in [2.05, 4.69) is 26.7 Å². The first-order valence-electron chi connectivity index (χ1n) is 12.3. The zero-order valence-electron chi connectivity index (χ0n) is 21.6. The molecule has 0 fully saturated rings. The summed E-state index contributed by atoms with van der Waals surface area (Å²) in [6.45, 7) is 1.06. The number of halogens is 1. The van der Waals surface area contributed by atoms with Crippen LogP contribution in [0.25, 0.3) is 0 Å². The third-order valence-electron chi connectivity index (χ3n) is 6.16. The van der Waals surface area contributed by atoms with E-state index in [9.17, 15) is 9.59 Å². The molecule has 198 valence electrons. The Morgan fingerprint density at radius 2 is 1.60 bits per heavy atom. The van der Waals surface area contributed by atoms with E-state index >= 15 is 0 Å². The van der Waals surface area contributed by atoms with Crippen molar-refractivity contribution in [3.8, 4) is 23.6 Å². The molecule has 0 saturated carbocycles. The lowest BCUT2D eigenvalue weighted by Gasteiger charge is -2.16. The van der Waals surface area contributed by atoms with Gasteiger partial charge in [0.25, 0.3) is 5.91 Å². The monoisotopic (exact) mass is 593 g/mol. The van der Waals surface area contributed by atoms with Crippen molar-refractivity contribution in [2.75, 3.05) is 7.11 Å². The Morgan fingerprint density at radius 1 is 0.900 bits per heavy atom. The third-order valence-corrected chi connectivity index (χ3v) is 6.76. The van der Waals surface area contributed by atoms with E-state index in [-0.39, 0.29) is 5.91 Å². The van der Waals surface area contributed by atoms with Gasteiger partial charge in [0.2, 0.25) is 0 Å². The normalized spacial score (nSPS) is 11.4. The maximum absolute atomic E-state index is 12.6. The molecule has 1 aliphatic heterocycles. The summed E-state index contributed by atoms with van der Waals surface area (Å²) in [5.41, 5.74) is 4.80. The average Bonchev–Trinajstić information content (AvgIpc) is 3.31. The molecule has 0 aromatic heterocycles. The lowest BCUT2D eigenvalue weighted by atomic mass is 10.1. The molecule has 0 unspecified atom stereocenters. The fourth-order valence-electron chi connectivity index (χ4n) is 4.17. The van der Waals surface area contributed by atoms with Gasteiger partial charge in [0.1, 0.15) is 11.5 Å². The fraction of sp³-hybridized carbons (Fsp3) is 0.125. The highest BCUT2D eigenvalue weighted by Crippen LogP contribution is 2.27. The number of nitriles is 2. The molecule has 0 radical (unpaired) electrons. The number of benzene rings is 4. The Bertz CT molecular complexity index is 1620. The van der Waals surface area contributed by atoms with E-state index in [1.807, 2.05) is 66.7 Å². The van der Waals surface area contributed by atoms with E-state index in [0.29, 0.717) is 40.7 Å². The molecule has 40 heavy (non-hydrogen) atoms. The van der Waals surface area contributed by atoms with Crippen LogP contribution in [-0.2, 0) is 23.2 Å². The molecule has 1 aliphatic rings. The van der Waals surface area contributed by atoms with E-state index in [1.54, 1.807) is 29.2 Å². The van der Waals surface area contributed by atoms with Gasteiger partial charge in [-0.3, -0.25) is 4.79 Å². The van der Waals surface area contributed by atoms with Gasteiger partial charge in [0.15, 0.2) is 0 Å². The van der Waals surface area contributed by atoms with Crippen LogP contribution in [-0.4, -0.2) is 23.9 Å². The van der Waals surface area contributed by atoms with Crippen LogP contribution >= 0.6 is 15.9 Å². The summed E-state index contributed by atoms with van der Waals surface area (Å²) in [6.07, 6.45) is 0. The quantitative estimate of drug-likeness (QED) is 0.181. The number of nitrogens with zero attached hydrogens (tertiary/aromatic N) is 3. The third kappa shape index (κ3) is 6.74. The Morgan fingerprint density at radius 3 is 2.30 bits per heavy atom. The molecular formula is C32H24BrN3O4. The Balaban J connectivity index is 0.000000224. The number of para-hydroxylation sites is 1. The Hall–Kier alpha value is -4.92. The van der Waals surface area contributed by atoms with Crippen molar-refractivity contribution in [3.63, 3.8) is 0 Å². The van der Waals surface area contributed by atoms with Crippen molar-refractivity contribution in [1.82, 2.24) is 4.90 Å². The van der Waals surface area contributed by atoms with Gasteiger partial charge < -0.3 is 14.4 Å². The number of methoxy groups -OCH3 is 1. The molecule has 7 nitrogen and oxygen atoms in total. The molecule has 0 aliphatic carbocycles. The van der Waals surface area contributed by atoms with Crippen molar-refractivity contribution in [3.05, 3.63) is 130 Å². The lowest BCUT2D eigenvalue weighted by molar-refractivity contribution is 0.0599. The van der Waals surface area contributed by atoms with Crippen LogP contribution in [0.1, 0.15) is 48.5 Å². The number of hydrogen-bond donors (Lipinski definition) is 0. The summed E-state index contributed by atoms with van der Waals surface area (Å²) in [5.74, 6) is 1.06. The van der Waals surface area contributed by atoms with Crippen LogP contribution in [0.5, 0.6) is 11.5 Å². The molecule has 0 N–H and O–H groups in total. The van der Waals surface area contributed by atoms with Gasteiger partial charge in [-0.15, -0.1) is 0 Å². The molecule has 5 rings (SSSR count). The molecular weight excluding hydrogens is 570 g/mol. The van der Waals surface area contributed by atoms with Crippen LogP contribution in [0.2, 0.25) is 0 Å². The number of alkyl halides is 1. The second kappa shape index (κ2) is 13.2. The number of hydrogen-bond acceptors (Lipinski definition) is 6. The zero-order valence-corrected chi connectivity index (χ0v) is 23.2. The molecule has 0 saturated heterocycles. The topological polar surface area (TPSA) is 103 Å². The highest BCUT2D eigenvalue weighted by Gasteiger charge is 2.27. The van der Waals surface area contributed by atoms with Gasteiger partial charge in [0.05, 0.1) is 35.9 Å². The van der Waals surface area contributed by atoms with E-state index in [4.69, 9.17) is 15.3 Å². The van der Waals surface area contributed by atoms with Crippen LogP contribution in [0, 0.1) is 22.7 Å². The summed E-state index contributed by atoms with van der Waals surface area (Å²) in [5, 5.41) is 18.2. The number of carbonyl (C=O) groups excluding carboxylic acids is 2. The van der Waals surface area contributed by atoms with Crippen molar-refractivity contribution in [2.24, 2.45) is 0 Å². The predicted molar refractivity (Wildman–Crippen MR) is 153 cm³/mol. The standard InChI is InChI=1S/C22H16N2O2.C10H8BrNO2/c23-13-16-9-10-18-15-24(22(25)21(18)12-16)14-17-5-4-8-20(11-17)26-19-6-2-1-3-7-19;1-14-10(13)9-4-7(6-12)2-3-8(9)5-11/h1-12H,14-15H2;2-4H,5H2,1H3. The summed E-state index contributed by atoms with van der Waals surface area (Å²) < 4.78 is 10.5. The van der Waals surface area contributed by atoms with Gasteiger partial charge in [-0.2, -0.15) is 10.5 Å². The van der Waals surface area contributed by atoms with E-state index in [0.717, 1.165) is 28.2 Å². The molecule has 4 aromatic carbocycles. The first kappa shape index (κ1) is 28.1. The van der Waals surface area contributed by atoms with Gasteiger partial charge in [-0.1, -0.05) is 58.4 Å². The average molecular weight is 594 g/mol. The number of fused-ring (bicyclic) bond motifs is 1. The molecule has 0 atom stereocenters. The summed E-state index contributed by atoms with van der Waals surface area (Å²) >= 11 is 3.26. The lowest BCUT2D eigenvalue weighted by Crippen LogP contribution is -2.23. The minimum absolute atomic E-state index is 0.0357. The first-order valence-corrected chi connectivity index (χ1v) is 13.4. The number of amides is 1. The molecule has 0 spiro atoms. The summed E-state index contributed by atoms with van der Waals surface area (Å²) in [6, 6.07) is 31.6. The smallest absolute Gasteiger partial charge is 0.338 e. The second-order valence-electron chi connectivity index (χ2n) is 8.82. The Kier molecular flexibility index (Phi) is 9.30. The molecule has 0 bridgehead atoms. The number of rotatable bonds is 6. The number of esters is 1. The van der Waals surface area contributed by atoms with Gasteiger partial charge in [-0.25, -0.2) is 4.79 Å². The minimum Gasteiger partial charge on any atom is -0.465 e. The summed E-state index contributed by atoms with van der Waals surface area (Å²) in [7, 11) is 1.32. The number of carbonyl (C=O) groups is 2. The fourth-order valence-corrected chi connectivity index (χ4v) is 4.66. The van der Waals surface area contributed by atoms with Gasteiger partial charge in [0, 0.05) is 24.0 Å². The molecule has 1 heterocycles. The maximum Gasteiger partial charge on any atom is 0.338 e. The van der Waals surface area contributed by atoms with Crippen LogP contribution in [0.3, 0.4) is 0 Å². The van der Waals surface area contributed by atoms with E-state index in [1.165, 1.54) is 13.2 Å². The van der Waals surface area contributed by atoms with Crippen LogP contribution < -0.4 is 4.74 Å². The van der Waals surface area contributed by atoms with Crippen LogP contribution in [0.15, 0.2) is 91.0 Å². The van der Waals surface area contributed by atoms with Gasteiger partial charge in [-0.05, 0) is 65.2 Å². The second-order valence-corrected chi connectivity index (χ2v) is 9.38. The molecule has 8 heteroatoms. The highest BCUT2D eigenvalue weighted by molar-refractivity contribution is 9.08. The largest absolute Gasteiger partial charge is 0.465 e. The SMILES string of the molecule is COC(=O)c1cc(C#N)ccc1CBr.N#Cc1ccc2c(c1)C(=O)N(Cc1cccc(Oc3ccccc3)c1)C2. The highest BCUT2D eigenvalue weighted by atomic mass is 79.9. The summed E-state index contributed by atoms with van der Waals surface area (Å²) in [4.78, 5) is 25.7.